The Labute approximate surface area is 178 Å². The number of anilines is 1. The molecule has 0 unspecified atom stereocenters. The zero-order valence-electron chi connectivity index (χ0n) is 16.7. The number of fused-ring (bicyclic) bond motifs is 2. The van der Waals surface area contributed by atoms with Crippen LogP contribution in [-0.2, 0) is 0 Å². The van der Waals surface area contributed by atoms with E-state index in [1.54, 1.807) is 11.1 Å². The molecule has 1 amide bonds. The molecule has 0 radical (unpaired) electrons. The van der Waals surface area contributed by atoms with Crippen LogP contribution in [0.5, 0.6) is 0 Å². The number of aromatic amines is 1. The molecular formula is C22H23ClN4OS. The normalized spacial score (nSPS) is 11.6. The molecule has 0 bridgehead atoms. The first-order valence-corrected chi connectivity index (χ1v) is 10.7. The number of amides is 1. The number of halogens is 1. The lowest BCUT2D eigenvalue weighted by molar-refractivity contribution is 0.0987. The van der Waals surface area contributed by atoms with Gasteiger partial charge in [-0.1, -0.05) is 47.2 Å². The molecule has 0 saturated heterocycles. The summed E-state index contributed by atoms with van der Waals surface area (Å²) in [7, 11) is 4.07. The summed E-state index contributed by atoms with van der Waals surface area (Å²) in [6, 6.07) is 11.7. The Balaban J connectivity index is 1.76. The van der Waals surface area contributed by atoms with E-state index >= 15 is 0 Å². The van der Waals surface area contributed by atoms with Crippen LogP contribution in [0.4, 0.5) is 5.13 Å². The highest BCUT2D eigenvalue weighted by molar-refractivity contribution is 7.23. The zero-order chi connectivity index (χ0) is 20.5. The maximum atomic E-state index is 13.6. The second-order valence-electron chi connectivity index (χ2n) is 7.40. The number of hydrogen-bond acceptors (Lipinski definition) is 4. The van der Waals surface area contributed by atoms with Crippen LogP contribution in [-0.4, -0.2) is 48.0 Å². The van der Waals surface area contributed by atoms with Gasteiger partial charge in [0.05, 0.1) is 20.8 Å². The molecule has 0 spiro atoms. The van der Waals surface area contributed by atoms with E-state index in [1.807, 2.05) is 57.4 Å². The van der Waals surface area contributed by atoms with Crippen molar-refractivity contribution < 1.29 is 4.79 Å². The van der Waals surface area contributed by atoms with Crippen LogP contribution in [0.3, 0.4) is 0 Å². The van der Waals surface area contributed by atoms with Crippen LogP contribution >= 0.6 is 22.9 Å². The second kappa shape index (κ2) is 8.14. The molecule has 2 aromatic carbocycles. The molecule has 0 saturated carbocycles. The average molecular weight is 427 g/mol. The molecule has 0 fully saturated rings. The summed E-state index contributed by atoms with van der Waals surface area (Å²) in [5, 5.41) is 2.28. The summed E-state index contributed by atoms with van der Waals surface area (Å²) < 4.78 is 0.922. The van der Waals surface area contributed by atoms with Crippen LogP contribution in [0.25, 0.3) is 21.1 Å². The third kappa shape index (κ3) is 3.88. The maximum Gasteiger partial charge on any atom is 0.262 e. The van der Waals surface area contributed by atoms with Crippen molar-refractivity contribution in [3.8, 4) is 0 Å². The summed E-state index contributed by atoms with van der Waals surface area (Å²) in [6.45, 7) is 3.50. The van der Waals surface area contributed by atoms with Crippen molar-refractivity contribution in [3.05, 3.63) is 58.7 Å². The standard InChI is InChI=1S/C22H23ClN4OS/c1-14-9-10-17(23)20-19(14)25-22(29-20)27(12-6-11-26(2)3)21(28)16-13-24-18-8-5-4-7-15(16)18/h4-5,7-10,13,24H,6,11-12H2,1-3H3. The fraction of sp³-hybridized carbons (Fsp3) is 0.273. The van der Waals surface area contributed by atoms with Gasteiger partial charge in [-0.05, 0) is 51.7 Å². The van der Waals surface area contributed by atoms with E-state index in [9.17, 15) is 4.79 Å². The lowest BCUT2D eigenvalue weighted by Gasteiger charge is -2.20. The highest BCUT2D eigenvalue weighted by atomic mass is 35.5. The topological polar surface area (TPSA) is 52.2 Å². The van der Waals surface area contributed by atoms with Gasteiger partial charge in [-0.25, -0.2) is 4.98 Å². The quantitative estimate of drug-likeness (QED) is 0.453. The van der Waals surface area contributed by atoms with Crippen molar-refractivity contribution in [2.75, 3.05) is 32.1 Å². The maximum absolute atomic E-state index is 13.6. The van der Waals surface area contributed by atoms with Gasteiger partial charge in [0.25, 0.3) is 5.91 Å². The predicted octanol–water partition coefficient (Wildman–Crippen LogP) is 5.34. The molecule has 4 rings (SSSR count). The van der Waals surface area contributed by atoms with Crippen molar-refractivity contribution >= 4 is 55.1 Å². The first-order chi connectivity index (χ1) is 14.0. The Kier molecular flexibility index (Phi) is 5.58. The van der Waals surface area contributed by atoms with Gasteiger partial charge >= 0.3 is 0 Å². The van der Waals surface area contributed by atoms with Crippen molar-refractivity contribution in [2.24, 2.45) is 0 Å². The zero-order valence-corrected chi connectivity index (χ0v) is 18.3. The summed E-state index contributed by atoms with van der Waals surface area (Å²) in [6.07, 6.45) is 2.64. The Hall–Kier alpha value is -2.41. The van der Waals surface area contributed by atoms with E-state index in [0.717, 1.165) is 39.6 Å². The molecule has 2 heterocycles. The molecule has 0 aliphatic heterocycles. The number of hydrogen-bond donors (Lipinski definition) is 1. The Morgan fingerprint density at radius 1 is 1.17 bits per heavy atom. The minimum atomic E-state index is -0.0472. The fourth-order valence-electron chi connectivity index (χ4n) is 3.43. The minimum absolute atomic E-state index is 0.0472. The summed E-state index contributed by atoms with van der Waals surface area (Å²) >= 11 is 7.88. The largest absolute Gasteiger partial charge is 0.360 e. The van der Waals surface area contributed by atoms with Crippen molar-refractivity contribution in [1.29, 1.82) is 0 Å². The van der Waals surface area contributed by atoms with Gasteiger partial charge in [-0.3, -0.25) is 9.69 Å². The lowest BCUT2D eigenvalue weighted by atomic mass is 10.1. The average Bonchev–Trinajstić information content (AvgIpc) is 3.33. The smallest absolute Gasteiger partial charge is 0.262 e. The number of aryl methyl sites for hydroxylation is 1. The number of carbonyl (C=O) groups is 1. The van der Waals surface area contributed by atoms with E-state index in [-0.39, 0.29) is 5.91 Å². The molecule has 0 aliphatic rings. The van der Waals surface area contributed by atoms with Crippen LogP contribution in [0, 0.1) is 6.92 Å². The Bertz CT molecular complexity index is 1140. The van der Waals surface area contributed by atoms with Gasteiger partial charge in [-0.2, -0.15) is 0 Å². The van der Waals surface area contributed by atoms with E-state index in [0.29, 0.717) is 22.3 Å². The second-order valence-corrected chi connectivity index (χ2v) is 8.78. The number of aromatic nitrogens is 2. The Morgan fingerprint density at radius 3 is 2.72 bits per heavy atom. The number of thiazole rings is 1. The highest BCUT2D eigenvalue weighted by Crippen LogP contribution is 2.36. The first kappa shape index (κ1) is 19.9. The predicted molar refractivity (Wildman–Crippen MR) is 123 cm³/mol. The molecule has 5 nitrogen and oxygen atoms in total. The third-order valence-electron chi connectivity index (χ3n) is 4.97. The van der Waals surface area contributed by atoms with E-state index < -0.39 is 0 Å². The van der Waals surface area contributed by atoms with Crippen molar-refractivity contribution in [2.45, 2.75) is 13.3 Å². The lowest BCUT2D eigenvalue weighted by Crippen LogP contribution is -2.33. The van der Waals surface area contributed by atoms with Gasteiger partial charge in [0.1, 0.15) is 0 Å². The van der Waals surface area contributed by atoms with Gasteiger partial charge < -0.3 is 9.88 Å². The number of rotatable bonds is 6. The van der Waals surface area contributed by atoms with Crippen LogP contribution < -0.4 is 4.90 Å². The molecule has 150 valence electrons. The molecule has 0 aliphatic carbocycles. The van der Waals surface area contributed by atoms with Gasteiger partial charge in [0.2, 0.25) is 0 Å². The van der Waals surface area contributed by atoms with Crippen LogP contribution in [0.15, 0.2) is 42.6 Å². The number of H-pyrrole nitrogens is 1. The molecule has 1 N–H and O–H groups in total. The summed E-state index contributed by atoms with van der Waals surface area (Å²) in [5.41, 5.74) is 3.53. The molecule has 29 heavy (non-hydrogen) atoms. The van der Waals surface area contributed by atoms with Crippen LogP contribution in [0.1, 0.15) is 22.3 Å². The number of para-hydroxylation sites is 1. The van der Waals surface area contributed by atoms with Gasteiger partial charge in [0, 0.05) is 23.6 Å². The Morgan fingerprint density at radius 2 is 1.97 bits per heavy atom. The monoisotopic (exact) mass is 426 g/mol. The molecular weight excluding hydrogens is 404 g/mol. The van der Waals surface area contributed by atoms with E-state index in [2.05, 4.69) is 9.88 Å². The first-order valence-electron chi connectivity index (χ1n) is 9.54. The number of benzene rings is 2. The molecule has 0 atom stereocenters. The molecule has 2 aromatic heterocycles. The minimum Gasteiger partial charge on any atom is -0.360 e. The van der Waals surface area contributed by atoms with Gasteiger partial charge in [0.15, 0.2) is 5.13 Å². The van der Waals surface area contributed by atoms with Crippen LogP contribution in [0.2, 0.25) is 5.02 Å². The van der Waals surface area contributed by atoms with Crippen molar-refractivity contribution in [1.82, 2.24) is 14.9 Å². The number of nitrogens with zero attached hydrogens (tertiary/aromatic N) is 3. The highest BCUT2D eigenvalue weighted by Gasteiger charge is 2.24. The van der Waals surface area contributed by atoms with E-state index in [1.165, 1.54) is 11.3 Å². The summed E-state index contributed by atoms with van der Waals surface area (Å²) in [5.74, 6) is -0.0472. The number of nitrogens with one attached hydrogen (secondary N) is 1. The van der Waals surface area contributed by atoms with E-state index in [4.69, 9.17) is 16.6 Å². The summed E-state index contributed by atoms with van der Waals surface area (Å²) in [4.78, 5) is 25.5. The SMILES string of the molecule is Cc1ccc(Cl)c2sc(N(CCCN(C)C)C(=O)c3c[nH]c4ccccc34)nc12. The molecule has 7 heteroatoms. The third-order valence-corrected chi connectivity index (χ3v) is 6.51. The number of carbonyl (C=O) groups excluding carboxylic acids is 1. The van der Waals surface area contributed by atoms with Crippen molar-refractivity contribution in [3.63, 3.8) is 0 Å². The van der Waals surface area contributed by atoms with Gasteiger partial charge in [-0.15, -0.1) is 0 Å². The molecule has 4 aromatic rings. The fourth-order valence-corrected chi connectivity index (χ4v) is 4.77.